The molecule has 4 nitrogen and oxygen atoms in total. The number of rotatable bonds is 4. The van der Waals surface area contributed by atoms with Crippen LogP contribution < -0.4 is 9.46 Å². The molecule has 1 rings (SSSR count). The van der Waals surface area contributed by atoms with Crippen molar-refractivity contribution >= 4 is 28.9 Å². The van der Waals surface area contributed by atoms with Gasteiger partial charge in [-0.25, -0.2) is 0 Å². The third-order valence-corrected chi connectivity index (χ3v) is 3.86. The van der Waals surface area contributed by atoms with Gasteiger partial charge >= 0.3 is 0 Å². The van der Waals surface area contributed by atoms with Crippen molar-refractivity contribution in [2.45, 2.75) is 18.7 Å². The predicted molar refractivity (Wildman–Crippen MR) is 72.0 cm³/mol. The van der Waals surface area contributed by atoms with Crippen LogP contribution in [-0.2, 0) is 16.2 Å². The van der Waals surface area contributed by atoms with E-state index >= 15 is 0 Å². The standard InChI is InChI=1S/C12H14ClNO3S/c1-4-8(2)12(15)14-18(16)11-7-9(17-3)5-6-10(11)13/h4-7H,1-3H3,(H,14,15)/b8-4+. The van der Waals surface area contributed by atoms with Crippen molar-refractivity contribution in [3.63, 3.8) is 0 Å². The van der Waals surface area contributed by atoms with Crippen LogP contribution in [0.2, 0.25) is 5.02 Å². The summed E-state index contributed by atoms with van der Waals surface area (Å²) in [5, 5.41) is 0.313. The Morgan fingerprint density at radius 1 is 1.56 bits per heavy atom. The number of nitrogens with one attached hydrogen (secondary N) is 1. The van der Waals surface area contributed by atoms with Gasteiger partial charge in [-0.1, -0.05) is 17.7 Å². The fraction of sp³-hybridized carbons (Fsp3) is 0.250. The first-order valence-corrected chi connectivity index (χ1v) is 6.71. The van der Waals surface area contributed by atoms with E-state index in [-0.39, 0.29) is 0 Å². The van der Waals surface area contributed by atoms with Crippen LogP contribution in [0.25, 0.3) is 0 Å². The first-order valence-electron chi connectivity index (χ1n) is 5.18. The van der Waals surface area contributed by atoms with Crippen molar-refractivity contribution in [2.24, 2.45) is 0 Å². The van der Waals surface area contributed by atoms with Crippen molar-refractivity contribution in [3.8, 4) is 5.75 Å². The second-order valence-electron chi connectivity index (χ2n) is 3.47. The number of allylic oxidation sites excluding steroid dienone is 1. The van der Waals surface area contributed by atoms with Crippen molar-refractivity contribution in [2.75, 3.05) is 7.11 Å². The molecule has 18 heavy (non-hydrogen) atoms. The first kappa shape index (κ1) is 14.9. The highest BCUT2D eigenvalue weighted by Crippen LogP contribution is 2.25. The fourth-order valence-electron chi connectivity index (χ4n) is 1.10. The molecular weight excluding hydrogens is 274 g/mol. The van der Waals surface area contributed by atoms with E-state index < -0.39 is 17.3 Å². The van der Waals surface area contributed by atoms with E-state index in [2.05, 4.69) is 4.72 Å². The molecule has 0 saturated carbocycles. The van der Waals surface area contributed by atoms with Crippen LogP contribution in [0, 0.1) is 0 Å². The molecular formula is C12H14ClNO3S. The summed E-state index contributed by atoms with van der Waals surface area (Å²) in [4.78, 5) is 11.9. The summed E-state index contributed by atoms with van der Waals surface area (Å²) >= 11 is 4.22. The number of amides is 1. The zero-order valence-corrected chi connectivity index (χ0v) is 11.9. The largest absolute Gasteiger partial charge is 0.588 e. The lowest BCUT2D eigenvalue weighted by atomic mass is 10.3. The maximum atomic E-state index is 12.0. The Hall–Kier alpha value is -1.17. The summed E-state index contributed by atoms with van der Waals surface area (Å²) in [6, 6.07) is 4.76. The normalized spacial score (nSPS) is 13.1. The molecule has 0 heterocycles. The van der Waals surface area contributed by atoms with Gasteiger partial charge in [0.05, 0.1) is 12.1 Å². The number of hydrogen-bond acceptors (Lipinski definition) is 3. The summed E-state index contributed by atoms with van der Waals surface area (Å²) in [5.41, 5.74) is 0.488. The van der Waals surface area contributed by atoms with Gasteiger partial charge in [0.2, 0.25) is 4.90 Å². The number of carbonyl (C=O) groups excluding carboxylic acids is 1. The van der Waals surface area contributed by atoms with Gasteiger partial charge in [-0.3, -0.25) is 4.79 Å². The van der Waals surface area contributed by atoms with Crippen LogP contribution in [0.5, 0.6) is 5.75 Å². The van der Waals surface area contributed by atoms with E-state index in [1.165, 1.54) is 13.2 Å². The van der Waals surface area contributed by atoms with Crippen LogP contribution in [0.3, 0.4) is 0 Å². The van der Waals surface area contributed by atoms with Gasteiger partial charge < -0.3 is 9.29 Å². The maximum Gasteiger partial charge on any atom is 0.287 e. The quantitative estimate of drug-likeness (QED) is 0.683. The van der Waals surface area contributed by atoms with Gasteiger partial charge in [-0.15, -0.1) is 0 Å². The van der Waals surface area contributed by atoms with Crippen LogP contribution in [-0.4, -0.2) is 17.6 Å². The number of hydrogen-bond donors (Lipinski definition) is 1. The van der Waals surface area contributed by atoms with E-state index in [1.807, 2.05) is 0 Å². The van der Waals surface area contributed by atoms with Gasteiger partial charge in [-0.05, 0) is 26.0 Å². The third kappa shape index (κ3) is 3.66. The molecule has 1 aromatic carbocycles. The van der Waals surface area contributed by atoms with Gasteiger partial charge in [0.25, 0.3) is 5.91 Å². The molecule has 0 aliphatic rings. The van der Waals surface area contributed by atoms with Gasteiger partial charge in [0.15, 0.2) is 0 Å². The Kier molecular flexibility index (Phi) is 5.53. The van der Waals surface area contributed by atoms with Crippen LogP contribution in [0.15, 0.2) is 34.7 Å². The molecule has 0 fully saturated rings. The van der Waals surface area contributed by atoms with Gasteiger partial charge in [0.1, 0.15) is 17.1 Å². The Balaban J connectivity index is 2.90. The Morgan fingerprint density at radius 3 is 2.78 bits per heavy atom. The third-order valence-electron chi connectivity index (χ3n) is 2.31. The molecule has 1 atom stereocenters. The number of methoxy groups -OCH3 is 1. The molecule has 0 aromatic heterocycles. The molecule has 0 saturated heterocycles. The highest BCUT2D eigenvalue weighted by Gasteiger charge is 2.20. The van der Waals surface area contributed by atoms with E-state index in [1.54, 1.807) is 32.1 Å². The molecule has 0 aliphatic carbocycles. The minimum atomic E-state index is -1.71. The Bertz CT molecular complexity index is 476. The molecule has 0 spiro atoms. The number of ether oxygens (including phenoxy) is 1. The average molecular weight is 288 g/mol. The average Bonchev–Trinajstić information content (AvgIpc) is 2.38. The minimum Gasteiger partial charge on any atom is -0.588 e. The topological polar surface area (TPSA) is 61.4 Å². The minimum absolute atomic E-state index is 0.313. The number of halogens is 1. The summed E-state index contributed by atoms with van der Waals surface area (Å²) in [5.74, 6) is 0.134. The van der Waals surface area contributed by atoms with Crippen LogP contribution in [0.1, 0.15) is 13.8 Å². The van der Waals surface area contributed by atoms with Crippen molar-refractivity contribution in [1.29, 1.82) is 0 Å². The zero-order valence-electron chi connectivity index (χ0n) is 10.3. The molecule has 1 N–H and O–H groups in total. The molecule has 1 unspecified atom stereocenters. The summed E-state index contributed by atoms with van der Waals surface area (Å²) in [6.07, 6.45) is 1.64. The number of carbonyl (C=O) groups is 1. The first-order chi connectivity index (χ1) is 8.49. The van der Waals surface area contributed by atoms with Crippen molar-refractivity contribution in [3.05, 3.63) is 34.9 Å². The van der Waals surface area contributed by atoms with Gasteiger partial charge in [0, 0.05) is 11.6 Å². The second kappa shape index (κ2) is 6.68. The SMILES string of the molecule is C/C=C(\C)C(=O)N[S+]([O-])c1cc(OC)ccc1Cl. The van der Waals surface area contributed by atoms with Gasteiger partial charge in [-0.2, -0.15) is 4.72 Å². The highest BCUT2D eigenvalue weighted by molar-refractivity contribution is 7.90. The lowest BCUT2D eigenvalue weighted by Crippen LogP contribution is -2.31. The predicted octanol–water partition coefficient (Wildman–Crippen LogP) is 2.45. The molecule has 1 amide bonds. The van der Waals surface area contributed by atoms with E-state index in [0.717, 1.165) is 0 Å². The van der Waals surface area contributed by atoms with Crippen molar-refractivity contribution < 1.29 is 14.1 Å². The maximum absolute atomic E-state index is 12.0. The van der Waals surface area contributed by atoms with E-state index in [0.29, 0.717) is 21.2 Å². The molecule has 0 bridgehead atoms. The van der Waals surface area contributed by atoms with E-state index in [9.17, 15) is 9.35 Å². The Morgan fingerprint density at radius 2 is 2.22 bits per heavy atom. The molecule has 0 aliphatic heterocycles. The van der Waals surface area contributed by atoms with Crippen LogP contribution >= 0.6 is 11.6 Å². The zero-order chi connectivity index (χ0) is 13.7. The van der Waals surface area contributed by atoms with Crippen molar-refractivity contribution in [1.82, 2.24) is 4.72 Å². The summed E-state index contributed by atoms with van der Waals surface area (Å²) in [7, 11) is 1.50. The fourth-order valence-corrected chi connectivity index (χ4v) is 2.34. The summed E-state index contributed by atoms with van der Waals surface area (Å²) in [6.45, 7) is 3.37. The molecule has 1 aromatic rings. The summed E-state index contributed by atoms with van der Waals surface area (Å²) < 4.78 is 19.4. The Labute approximate surface area is 114 Å². The lowest BCUT2D eigenvalue weighted by molar-refractivity contribution is -0.115. The van der Waals surface area contributed by atoms with Crippen LogP contribution in [0.4, 0.5) is 0 Å². The van der Waals surface area contributed by atoms with E-state index in [4.69, 9.17) is 16.3 Å². The molecule has 6 heteroatoms. The highest BCUT2D eigenvalue weighted by atomic mass is 35.5. The smallest absolute Gasteiger partial charge is 0.287 e. The molecule has 98 valence electrons. The molecule has 0 radical (unpaired) electrons. The monoisotopic (exact) mass is 287 g/mol. The lowest BCUT2D eigenvalue weighted by Gasteiger charge is -2.12. The second-order valence-corrected chi connectivity index (χ2v) is 5.06. The number of benzene rings is 1.